The molecular formula is C19H26IN5. The van der Waals surface area contributed by atoms with Gasteiger partial charge in [-0.3, -0.25) is 4.99 Å². The van der Waals surface area contributed by atoms with Crippen molar-refractivity contribution in [3.8, 4) is 0 Å². The molecule has 1 aliphatic heterocycles. The average Bonchev–Trinajstić information content (AvgIpc) is 3.32. The Kier molecular flexibility index (Phi) is 7.84. The topological polar surface area (TPSA) is 44.6 Å². The van der Waals surface area contributed by atoms with Crippen molar-refractivity contribution in [2.45, 2.75) is 13.1 Å². The van der Waals surface area contributed by atoms with E-state index in [-0.39, 0.29) is 24.0 Å². The smallest absolute Gasteiger partial charge is 0.191 e. The highest BCUT2D eigenvalue weighted by molar-refractivity contribution is 14.0. The van der Waals surface area contributed by atoms with Crippen molar-refractivity contribution in [3.63, 3.8) is 0 Å². The molecule has 25 heavy (non-hydrogen) atoms. The Hall–Kier alpha value is -1.96. The highest BCUT2D eigenvalue weighted by atomic mass is 127. The van der Waals surface area contributed by atoms with E-state index in [1.54, 1.807) is 7.05 Å². The van der Waals surface area contributed by atoms with Crippen LogP contribution in [0, 0.1) is 0 Å². The molecule has 0 saturated carbocycles. The Bertz CT molecular complexity index is 668. The van der Waals surface area contributed by atoms with Crippen LogP contribution < -0.4 is 15.5 Å². The van der Waals surface area contributed by atoms with Crippen LogP contribution in [-0.2, 0) is 13.1 Å². The van der Waals surface area contributed by atoms with Crippen LogP contribution in [0.15, 0.2) is 65.9 Å². The van der Waals surface area contributed by atoms with Gasteiger partial charge in [-0.05, 0) is 29.8 Å². The second-order valence-electron chi connectivity index (χ2n) is 5.82. The number of benzene rings is 1. The lowest BCUT2D eigenvalue weighted by molar-refractivity contribution is 0.665. The summed E-state index contributed by atoms with van der Waals surface area (Å²) in [7, 11) is 1.80. The predicted molar refractivity (Wildman–Crippen MR) is 116 cm³/mol. The fourth-order valence-electron chi connectivity index (χ4n) is 2.74. The number of nitrogens with zero attached hydrogens (tertiary/aromatic N) is 3. The Morgan fingerprint density at radius 1 is 1.04 bits per heavy atom. The molecule has 2 N–H and O–H groups in total. The molecule has 0 radical (unpaired) electrons. The lowest BCUT2D eigenvalue weighted by Crippen LogP contribution is -2.38. The molecule has 0 saturated heterocycles. The lowest BCUT2D eigenvalue weighted by Gasteiger charge is -2.18. The van der Waals surface area contributed by atoms with Gasteiger partial charge in [-0.2, -0.15) is 0 Å². The fraction of sp³-hybridized carbons (Fsp3) is 0.316. The molecule has 6 heteroatoms. The number of hydrogen-bond donors (Lipinski definition) is 2. The third kappa shape index (κ3) is 5.81. The first-order valence-corrected chi connectivity index (χ1v) is 8.39. The van der Waals surface area contributed by atoms with Crippen LogP contribution in [0.4, 0.5) is 5.69 Å². The molecule has 0 unspecified atom stereocenters. The minimum atomic E-state index is 0. The molecule has 0 spiro atoms. The molecule has 2 aromatic rings. The SMILES string of the molecule is CN=C(NCCn1cccc1)NCc1ccc(N2CC=CC2)cc1.I. The van der Waals surface area contributed by atoms with Gasteiger partial charge in [-0.15, -0.1) is 24.0 Å². The maximum atomic E-state index is 4.27. The van der Waals surface area contributed by atoms with Gasteiger partial charge in [-0.1, -0.05) is 24.3 Å². The summed E-state index contributed by atoms with van der Waals surface area (Å²) >= 11 is 0. The molecule has 0 atom stereocenters. The van der Waals surface area contributed by atoms with Crippen molar-refractivity contribution >= 4 is 35.6 Å². The van der Waals surface area contributed by atoms with E-state index in [0.717, 1.165) is 38.7 Å². The molecule has 0 aliphatic carbocycles. The first-order valence-electron chi connectivity index (χ1n) is 8.39. The fourth-order valence-corrected chi connectivity index (χ4v) is 2.74. The third-order valence-corrected chi connectivity index (χ3v) is 4.13. The zero-order valence-electron chi connectivity index (χ0n) is 14.6. The number of guanidine groups is 1. The Labute approximate surface area is 166 Å². The Morgan fingerprint density at radius 3 is 2.36 bits per heavy atom. The number of halogens is 1. The molecule has 134 valence electrons. The van der Waals surface area contributed by atoms with Gasteiger partial charge in [-0.25, -0.2) is 0 Å². The van der Waals surface area contributed by atoms with Crippen molar-refractivity contribution < 1.29 is 0 Å². The Balaban J connectivity index is 0.00000225. The summed E-state index contributed by atoms with van der Waals surface area (Å²) in [6, 6.07) is 12.8. The van der Waals surface area contributed by atoms with Gasteiger partial charge in [0.25, 0.3) is 0 Å². The van der Waals surface area contributed by atoms with Gasteiger partial charge in [0, 0.05) is 57.9 Å². The zero-order chi connectivity index (χ0) is 16.6. The summed E-state index contributed by atoms with van der Waals surface area (Å²) in [5, 5.41) is 6.69. The summed E-state index contributed by atoms with van der Waals surface area (Å²) < 4.78 is 2.15. The summed E-state index contributed by atoms with van der Waals surface area (Å²) in [6.07, 6.45) is 8.54. The van der Waals surface area contributed by atoms with Crippen LogP contribution in [0.3, 0.4) is 0 Å². The molecule has 0 amide bonds. The molecule has 0 fully saturated rings. The summed E-state index contributed by atoms with van der Waals surface area (Å²) in [4.78, 5) is 6.62. The first-order chi connectivity index (χ1) is 11.8. The largest absolute Gasteiger partial charge is 0.364 e. The number of aromatic nitrogens is 1. The number of rotatable bonds is 6. The number of hydrogen-bond acceptors (Lipinski definition) is 2. The van der Waals surface area contributed by atoms with Gasteiger partial charge in [0.05, 0.1) is 0 Å². The van der Waals surface area contributed by atoms with Crippen molar-refractivity contribution in [2.24, 2.45) is 4.99 Å². The summed E-state index contributed by atoms with van der Waals surface area (Å²) in [5.74, 6) is 0.829. The molecule has 0 bridgehead atoms. The minimum Gasteiger partial charge on any atom is -0.364 e. The van der Waals surface area contributed by atoms with E-state index >= 15 is 0 Å². The van der Waals surface area contributed by atoms with E-state index in [2.05, 4.69) is 73.9 Å². The summed E-state index contributed by atoms with van der Waals surface area (Å²) in [6.45, 7) is 4.55. The van der Waals surface area contributed by atoms with Crippen LogP contribution in [0.1, 0.15) is 5.56 Å². The van der Waals surface area contributed by atoms with Crippen molar-refractivity contribution in [2.75, 3.05) is 31.6 Å². The third-order valence-electron chi connectivity index (χ3n) is 4.13. The summed E-state index contributed by atoms with van der Waals surface area (Å²) in [5.41, 5.74) is 2.53. The van der Waals surface area contributed by atoms with Gasteiger partial charge >= 0.3 is 0 Å². The molecule has 1 aromatic heterocycles. The van der Waals surface area contributed by atoms with Gasteiger partial charge in [0.1, 0.15) is 0 Å². The first kappa shape index (κ1) is 19.4. The second kappa shape index (κ2) is 10.1. The molecule has 3 rings (SSSR count). The van der Waals surface area contributed by atoms with Crippen LogP contribution in [0.25, 0.3) is 0 Å². The van der Waals surface area contributed by atoms with Crippen LogP contribution in [-0.4, -0.2) is 37.2 Å². The van der Waals surface area contributed by atoms with E-state index in [9.17, 15) is 0 Å². The van der Waals surface area contributed by atoms with E-state index in [0.29, 0.717) is 0 Å². The van der Waals surface area contributed by atoms with E-state index in [1.165, 1.54) is 11.3 Å². The second-order valence-corrected chi connectivity index (χ2v) is 5.82. The van der Waals surface area contributed by atoms with Crippen LogP contribution in [0.2, 0.25) is 0 Å². The van der Waals surface area contributed by atoms with Gasteiger partial charge < -0.3 is 20.1 Å². The standard InChI is InChI=1S/C19H25N5.HI/c1-20-19(21-10-15-23-11-2-3-12-23)22-16-17-6-8-18(9-7-17)24-13-4-5-14-24;/h2-9,11-12H,10,13-16H2,1H3,(H2,20,21,22);1H. The Morgan fingerprint density at radius 2 is 1.72 bits per heavy atom. The predicted octanol–water partition coefficient (Wildman–Crippen LogP) is 2.85. The number of aliphatic imine (C=N–C) groups is 1. The van der Waals surface area contributed by atoms with Crippen molar-refractivity contribution in [1.82, 2.24) is 15.2 Å². The van der Waals surface area contributed by atoms with E-state index in [1.807, 2.05) is 12.1 Å². The molecular weight excluding hydrogens is 425 g/mol. The van der Waals surface area contributed by atoms with Gasteiger partial charge in [0.2, 0.25) is 0 Å². The van der Waals surface area contributed by atoms with E-state index < -0.39 is 0 Å². The monoisotopic (exact) mass is 451 g/mol. The van der Waals surface area contributed by atoms with Crippen LogP contribution in [0.5, 0.6) is 0 Å². The van der Waals surface area contributed by atoms with Crippen LogP contribution >= 0.6 is 24.0 Å². The van der Waals surface area contributed by atoms with E-state index in [4.69, 9.17) is 0 Å². The van der Waals surface area contributed by atoms with Crippen molar-refractivity contribution in [1.29, 1.82) is 0 Å². The molecule has 5 nitrogen and oxygen atoms in total. The van der Waals surface area contributed by atoms with Gasteiger partial charge in [0.15, 0.2) is 5.96 Å². The average molecular weight is 451 g/mol. The highest BCUT2D eigenvalue weighted by Crippen LogP contribution is 2.17. The van der Waals surface area contributed by atoms with Crippen molar-refractivity contribution in [3.05, 3.63) is 66.5 Å². The maximum absolute atomic E-state index is 4.27. The lowest BCUT2D eigenvalue weighted by atomic mass is 10.2. The molecule has 1 aromatic carbocycles. The quantitative estimate of drug-likeness (QED) is 0.307. The highest BCUT2D eigenvalue weighted by Gasteiger charge is 2.07. The number of nitrogens with one attached hydrogen (secondary N) is 2. The normalized spacial score (nSPS) is 13.6. The maximum Gasteiger partial charge on any atom is 0.191 e. The zero-order valence-corrected chi connectivity index (χ0v) is 16.9. The number of anilines is 1. The molecule has 2 heterocycles. The molecule has 1 aliphatic rings. The minimum absolute atomic E-state index is 0.